The van der Waals surface area contributed by atoms with Crippen LogP contribution in [-0.4, -0.2) is 65.8 Å². The Kier molecular flexibility index (Phi) is 8.26. The van der Waals surface area contributed by atoms with Gasteiger partial charge in [-0.1, -0.05) is 24.4 Å². The lowest BCUT2D eigenvalue weighted by Gasteiger charge is -2.22. The van der Waals surface area contributed by atoms with Crippen LogP contribution >= 0.6 is 12.2 Å². The van der Waals surface area contributed by atoms with Crippen LogP contribution in [0.1, 0.15) is 28.4 Å². The Labute approximate surface area is 259 Å². The van der Waals surface area contributed by atoms with Gasteiger partial charge in [0.05, 0.1) is 25.0 Å². The molecule has 44 heavy (non-hydrogen) atoms. The van der Waals surface area contributed by atoms with E-state index in [0.29, 0.717) is 36.1 Å². The quantitative estimate of drug-likeness (QED) is 0.247. The lowest BCUT2D eigenvalue weighted by atomic mass is 9.96. The highest BCUT2D eigenvalue weighted by Crippen LogP contribution is 2.44. The molecule has 2 aliphatic rings. The van der Waals surface area contributed by atoms with Crippen molar-refractivity contribution in [2.45, 2.75) is 35.6 Å². The Balaban J connectivity index is 1.07. The monoisotopic (exact) mass is 628 g/mol. The molecule has 4 heterocycles. The fourth-order valence-electron chi connectivity index (χ4n) is 5.08. The predicted octanol–water partition coefficient (Wildman–Crippen LogP) is 3.80. The molecule has 14 heteroatoms. The summed E-state index contributed by atoms with van der Waals surface area (Å²) in [4.78, 5) is 27.0. The molecular formula is C30H28N8O4S2. The van der Waals surface area contributed by atoms with Gasteiger partial charge >= 0.3 is 0 Å². The Bertz CT molecular complexity index is 1850. The molecule has 4 aromatic rings. The molecule has 2 aliphatic heterocycles. The SMILES string of the molecule is COc1cc2c(cc1OC)C1C(Nc3ncc(CC(=S)Cc4ccc(S(=O)(=O)Cc5ncccn5)cc4)cn3)=NC=NC1N2. The number of rotatable bonds is 10. The first-order valence-corrected chi connectivity index (χ1v) is 15.7. The molecule has 6 rings (SSSR count). The number of nitrogens with zero attached hydrogens (tertiary/aromatic N) is 6. The number of hydrogen-bond donors (Lipinski definition) is 2. The molecule has 2 N–H and O–H groups in total. The smallest absolute Gasteiger partial charge is 0.228 e. The fourth-order valence-corrected chi connectivity index (χ4v) is 6.62. The molecule has 0 saturated carbocycles. The van der Waals surface area contributed by atoms with Crippen molar-refractivity contribution in [2.75, 3.05) is 24.9 Å². The second-order valence-corrected chi connectivity index (χ2v) is 12.7. The minimum Gasteiger partial charge on any atom is -0.493 e. The van der Waals surface area contributed by atoms with E-state index in [0.717, 1.165) is 27.2 Å². The molecule has 0 amide bonds. The molecular weight excluding hydrogens is 601 g/mol. The van der Waals surface area contributed by atoms with Crippen molar-refractivity contribution in [1.82, 2.24) is 19.9 Å². The zero-order chi connectivity index (χ0) is 30.7. The molecule has 2 unspecified atom stereocenters. The number of anilines is 2. The summed E-state index contributed by atoms with van der Waals surface area (Å²) < 4.78 is 36.4. The average Bonchev–Trinajstić information content (AvgIpc) is 3.40. The van der Waals surface area contributed by atoms with Gasteiger partial charge in [-0.15, -0.1) is 0 Å². The summed E-state index contributed by atoms with van der Waals surface area (Å²) in [5.74, 6) is 2.13. The topological polar surface area (TPSA) is 153 Å². The third-order valence-electron chi connectivity index (χ3n) is 7.20. The highest BCUT2D eigenvalue weighted by molar-refractivity contribution is 7.90. The van der Waals surface area contributed by atoms with Crippen molar-refractivity contribution in [1.29, 1.82) is 0 Å². The van der Waals surface area contributed by atoms with Crippen LogP contribution in [0.25, 0.3) is 0 Å². The number of sulfone groups is 1. The number of amidine groups is 1. The zero-order valence-corrected chi connectivity index (χ0v) is 25.5. The van der Waals surface area contributed by atoms with Gasteiger partial charge in [-0.3, -0.25) is 0 Å². The number of benzene rings is 2. The highest BCUT2D eigenvalue weighted by atomic mass is 32.2. The zero-order valence-electron chi connectivity index (χ0n) is 23.8. The molecule has 0 fully saturated rings. The fraction of sp³-hybridized carbons (Fsp3) is 0.233. The summed E-state index contributed by atoms with van der Waals surface area (Å²) in [5, 5.41) is 6.65. The van der Waals surface area contributed by atoms with Gasteiger partial charge in [0.1, 0.15) is 29.9 Å². The number of fused-ring (bicyclic) bond motifs is 3. The number of aliphatic imine (C=N–C) groups is 2. The largest absolute Gasteiger partial charge is 0.493 e. The molecule has 2 aromatic carbocycles. The van der Waals surface area contributed by atoms with Crippen LogP contribution in [0.3, 0.4) is 0 Å². The summed E-state index contributed by atoms with van der Waals surface area (Å²) in [6.07, 6.45) is 8.80. The third kappa shape index (κ3) is 6.26. The summed E-state index contributed by atoms with van der Waals surface area (Å²) in [6, 6.07) is 12.2. The van der Waals surface area contributed by atoms with Gasteiger partial charge in [0.25, 0.3) is 0 Å². The molecule has 224 valence electrons. The summed E-state index contributed by atoms with van der Waals surface area (Å²) >= 11 is 5.64. The van der Waals surface area contributed by atoms with Crippen molar-refractivity contribution in [2.24, 2.45) is 9.98 Å². The van der Waals surface area contributed by atoms with Crippen LogP contribution < -0.4 is 20.1 Å². The van der Waals surface area contributed by atoms with Gasteiger partial charge in [0.15, 0.2) is 21.3 Å². The number of aromatic nitrogens is 4. The van der Waals surface area contributed by atoms with E-state index in [4.69, 9.17) is 21.7 Å². The second-order valence-electron chi connectivity index (χ2n) is 10.1. The Hall–Kier alpha value is -4.82. The molecule has 12 nitrogen and oxygen atoms in total. The maximum absolute atomic E-state index is 12.7. The normalized spacial score (nSPS) is 16.7. The minimum atomic E-state index is -3.56. The van der Waals surface area contributed by atoms with Gasteiger partial charge < -0.3 is 20.1 Å². The first kappa shape index (κ1) is 29.3. The predicted molar refractivity (Wildman–Crippen MR) is 171 cm³/mol. The Morgan fingerprint density at radius 1 is 0.955 bits per heavy atom. The van der Waals surface area contributed by atoms with E-state index in [2.05, 4.69) is 40.6 Å². The second kappa shape index (κ2) is 12.4. The standard InChI is InChI=1S/C30H28N8O4S2/c1-41-24-12-22-23(13-25(24)42-2)37-28-27(22)29(36-17-35-28)38-30-33-14-19(15-34-30)11-20(43)10-18-4-6-21(7-5-18)44(39,40)16-26-31-8-3-9-32-26/h3-9,12-15,17,27-28,37H,10-11,16H2,1-2H3,(H,33,34,35,36,38). The van der Waals surface area contributed by atoms with Crippen molar-refractivity contribution < 1.29 is 17.9 Å². The van der Waals surface area contributed by atoms with Crippen molar-refractivity contribution in [3.05, 3.63) is 89.8 Å². The third-order valence-corrected chi connectivity index (χ3v) is 9.11. The molecule has 0 radical (unpaired) electrons. The average molecular weight is 629 g/mol. The van der Waals surface area contributed by atoms with Gasteiger partial charge in [-0.05, 0) is 41.0 Å². The van der Waals surface area contributed by atoms with Crippen molar-refractivity contribution in [3.63, 3.8) is 0 Å². The van der Waals surface area contributed by atoms with Gasteiger partial charge in [0, 0.05) is 54.2 Å². The Morgan fingerprint density at radius 3 is 2.34 bits per heavy atom. The molecule has 2 atom stereocenters. The van der Waals surface area contributed by atoms with E-state index in [1.165, 1.54) is 18.7 Å². The van der Waals surface area contributed by atoms with Gasteiger partial charge in [0.2, 0.25) is 5.95 Å². The van der Waals surface area contributed by atoms with E-state index < -0.39 is 9.84 Å². The van der Waals surface area contributed by atoms with Crippen molar-refractivity contribution >= 4 is 50.7 Å². The summed E-state index contributed by atoms with van der Waals surface area (Å²) in [5.41, 5.74) is 3.65. The van der Waals surface area contributed by atoms with Crippen molar-refractivity contribution in [3.8, 4) is 11.5 Å². The van der Waals surface area contributed by atoms with E-state index >= 15 is 0 Å². The first-order valence-electron chi connectivity index (χ1n) is 13.6. The van der Waals surface area contributed by atoms with Gasteiger partial charge in [-0.2, -0.15) is 0 Å². The minimum absolute atomic E-state index is 0.182. The van der Waals surface area contributed by atoms with Crippen LogP contribution in [0, 0.1) is 0 Å². The number of nitrogens with one attached hydrogen (secondary N) is 2. The summed E-state index contributed by atoms with van der Waals surface area (Å²) in [7, 11) is -0.356. The molecule has 0 saturated heterocycles. The van der Waals surface area contributed by atoms with Crippen LogP contribution in [0.2, 0.25) is 0 Å². The number of hydrogen-bond acceptors (Lipinski definition) is 13. The van der Waals surface area contributed by atoms with E-state index in [-0.39, 0.29) is 28.6 Å². The van der Waals surface area contributed by atoms with E-state index in [9.17, 15) is 8.42 Å². The number of methoxy groups -OCH3 is 2. The molecule has 0 spiro atoms. The van der Waals surface area contributed by atoms with Crippen LogP contribution in [0.5, 0.6) is 11.5 Å². The van der Waals surface area contributed by atoms with Crippen LogP contribution in [-0.2, 0) is 28.4 Å². The van der Waals surface area contributed by atoms with Crippen LogP contribution in [0.4, 0.5) is 11.6 Å². The molecule has 0 bridgehead atoms. The highest BCUT2D eigenvalue weighted by Gasteiger charge is 2.38. The van der Waals surface area contributed by atoms with Crippen LogP contribution in [0.15, 0.2) is 82.1 Å². The summed E-state index contributed by atoms with van der Waals surface area (Å²) in [6.45, 7) is 0. The van der Waals surface area contributed by atoms with E-state index in [1.54, 1.807) is 56.9 Å². The number of ether oxygens (including phenoxy) is 2. The van der Waals surface area contributed by atoms with E-state index in [1.807, 2.05) is 12.1 Å². The maximum atomic E-state index is 12.7. The molecule has 2 aromatic heterocycles. The van der Waals surface area contributed by atoms with Gasteiger partial charge in [-0.25, -0.2) is 38.3 Å². The number of thiocarbonyl (C=S) groups is 1. The Morgan fingerprint density at radius 2 is 1.64 bits per heavy atom. The lowest BCUT2D eigenvalue weighted by Crippen LogP contribution is -2.33. The molecule has 0 aliphatic carbocycles. The first-order chi connectivity index (χ1) is 21.3. The lowest BCUT2D eigenvalue weighted by molar-refractivity contribution is 0.355. The maximum Gasteiger partial charge on any atom is 0.228 e.